The lowest BCUT2D eigenvalue weighted by Gasteiger charge is -2.23. The smallest absolute Gasteiger partial charge is 0.237 e. The Balaban J connectivity index is 2.28. The van der Waals surface area contributed by atoms with Crippen molar-refractivity contribution in [2.45, 2.75) is 45.7 Å². The van der Waals surface area contributed by atoms with E-state index in [0.29, 0.717) is 0 Å². The van der Waals surface area contributed by atoms with Gasteiger partial charge >= 0.3 is 0 Å². The topological polar surface area (TPSA) is 59.0 Å². The van der Waals surface area contributed by atoms with Crippen LogP contribution in [-0.4, -0.2) is 33.8 Å². The van der Waals surface area contributed by atoms with Gasteiger partial charge < -0.3 is 10.6 Å². The largest absolute Gasteiger partial charge is 0.350 e. The molecule has 0 aliphatic heterocycles. The maximum atomic E-state index is 11.8. The van der Waals surface area contributed by atoms with E-state index in [2.05, 4.69) is 15.7 Å². The summed E-state index contributed by atoms with van der Waals surface area (Å²) in [7, 11) is 1.90. The minimum absolute atomic E-state index is 0.0358. The van der Waals surface area contributed by atoms with Gasteiger partial charge in [0.05, 0.1) is 12.2 Å². The van der Waals surface area contributed by atoms with Crippen LogP contribution in [0.15, 0.2) is 12.4 Å². The second-order valence-corrected chi connectivity index (χ2v) is 5.69. The van der Waals surface area contributed by atoms with Gasteiger partial charge in [0, 0.05) is 25.3 Å². The van der Waals surface area contributed by atoms with Crippen molar-refractivity contribution < 1.29 is 4.79 Å². The normalized spacial score (nSPS) is 13.4. The molecule has 1 unspecified atom stereocenters. The Labute approximate surface area is 109 Å². The lowest BCUT2D eigenvalue weighted by Crippen LogP contribution is -2.49. The van der Waals surface area contributed by atoms with Crippen molar-refractivity contribution in [2.75, 3.05) is 6.54 Å². The predicted molar refractivity (Wildman–Crippen MR) is 72.3 cm³/mol. The van der Waals surface area contributed by atoms with Crippen LogP contribution in [0, 0.1) is 0 Å². The summed E-state index contributed by atoms with van der Waals surface area (Å²) in [5.41, 5.74) is 0.990. The lowest BCUT2D eigenvalue weighted by molar-refractivity contribution is -0.124. The summed E-state index contributed by atoms with van der Waals surface area (Å²) in [5, 5.41) is 10.3. The number of carbonyl (C=O) groups is 1. The Hall–Kier alpha value is -1.36. The molecule has 1 rings (SSSR count). The van der Waals surface area contributed by atoms with Gasteiger partial charge in [-0.2, -0.15) is 5.10 Å². The molecule has 5 nitrogen and oxygen atoms in total. The van der Waals surface area contributed by atoms with Crippen LogP contribution in [-0.2, 0) is 18.3 Å². The highest BCUT2D eigenvalue weighted by Gasteiger charge is 2.18. The third-order valence-electron chi connectivity index (χ3n) is 2.51. The molecule has 0 aliphatic rings. The molecular formula is C13H24N4O. The molecule has 0 aliphatic carbocycles. The van der Waals surface area contributed by atoms with E-state index in [-0.39, 0.29) is 17.5 Å². The first-order valence-electron chi connectivity index (χ1n) is 6.31. The Morgan fingerprint density at radius 2 is 2.17 bits per heavy atom. The number of hydrogen-bond donors (Lipinski definition) is 2. The number of carbonyl (C=O) groups excluding carboxylic acids is 1. The molecule has 5 heteroatoms. The third kappa shape index (κ3) is 5.31. The highest BCUT2D eigenvalue weighted by Crippen LogP contribution is 2.00. The van der Waals surface area contributed by atoms with E-state index in [1.807, 2.05) is 47.1 Å². The summed E-state index contributed by atoms with van der Waals surface area (Å²) in [6.45, 7) is 8.59. The SMILES string of the molecule is CC(NCCc1cnn(C)c1)C(=O)NC(C)(C)C. The fourth-order valence-electron chi connectivity index (χ4n) is 1.60. The first-order valence-corrected chi connectivity index (χ1v) is 6.31. The molecule has 0 saturated carbocycles. The Bertz CT molecular complexity index is 392. The van der Waals surface area contributed by atoms with Gasteiger partial charge in [-0.1, -0.05) is 0 Å². The van der Waals surface area contributed by atoms with Crippen LogP contribution in [0.1, 0.15) is 33.3 Å². The van der Waals surface area contributed by atoms with Crippen LogP contribution in [0.3, 0.4) is 0 Å². The van der Waals surface area contributed by atoms with Crippen molar-refractivity contribution in [2.24, 2.45) is 7.05 Å². The van der Waals surface area contributed by atoms with E-state index in [1.54, 1.807) is 4.68 Å². The van der Waals surface area contributed by atoms with Crippen molar-refractivity contribution in [3.8, 4) is 0 Å². The molecule has 2 N–H and O–H groups in total. The molecule has 1 aromatic heterocycles. The molecule has 0 fully saturated rings. The first kappa shape index (κ1) is 14.7. The van der Waals surface area contributed by atoms with Gasteiger partial charge in [-0.25, -0.2) is 0 Å². The van der Waals surface area contributed by atoms with Gasteiger partial charge in [0.15, 0.2) is 0 Å². The minimum Gasteiger partial charge on any atom is -0.350 e. The van der Waals surface area contributed by atoms with Gasteiger partial charge in [-0.15, -0.1) is 0 Å². The number of rotatable bonds is 5. The zero-order valence-corrected chi connectivity index (χ0v) is 11.9. The molecule has 1 aromatic rings. The molecule has 0 aromatic carbocycles. The van der Waals surface area contributed by atoms with Crippen LogP contribution >= 0.6 is 0 Å². The van der Waals surface area contributed by atoms with Crippen LogP contribution in [0.2, 0.25) is 0 Å². The van der Waals surface area contributed by atoms with Crippen LogP contribution in [0.4, 0.5) is 0 Å². The fraction of sp³-hybridized carbons (Fsp3) is 0.692. The molecular weight excluding hydrogens is 228 g/mol. The molecule has 0 radical (unpaired) electrons. The molecule has 102 valence electrons. The van der Waals surface area contributed by atoms with Crippen molar-refractivity contribution in [3.05, 3.63) is 18.0 Å². The standard InChI is InChI=1S/C13H24N4O/c1-10(12(18)16-13(2,3)4)14-7-6-11-8-15-17(5)9-11/h8-10,14H,6-7H2,1-5H3,(H,16,18). The Morgan fingerprint density at radius 3 is 2.67 bits per heavy atom. The van der Waals surface area contributed by atoms with Crippen LogP contribution < -0.4 is 10.6 Å². The van der Waals surface area contributed by atoms with Gasteiger partial charge in [0.1, 0.15) is 0 Å². The van der Waals surface area contributed by atoms with E-state index in [9.17, 15) is 4.79 Å². The van der Waals surface area contributed by atoms with Gasteiger partial charge in [0.25, 0.3) is 0 Å². The summed E-state index contributed by atoms with van der Waals surface area (Å²) in [6, 6.07) is -0.180. The molecule has 1 heterocycles. The second-order valence-electron chi connectivity index (χ2n) is 5.69. The lowest BCUT2D eigenvalue weighted by atomic mass is 10.1. The van der Waals surface area contributed by atoms with E-state index >= 15 is 0 Å². The zero-order valence-electron chi connectivity index (χ0n) is 11.9. The van der Waals surface area contributed by atoms with Crippen molar-refractivity contribution in [1.29, 1.82) is 0 Å². The molecule has 0 spiro atoms. The average molecular weight is 252 g/mol. The molecule has 1 atom stereocenters. The first-order chi connectivity index (χ1) is 8.28. The average Bonchev–Trinajstić information content (AvgIpc) is 2.61. The molecule has 18 heavy (non-hydrogen) atoms. The van der Waals surface area contributed by atoms with Gasteiger partial charge in [0.2, 0.25) is 5.91 Å². The van der Waals surface area contributed by atoms with Gasteiger partial charge in [-0.05, 0) is 39.7 Å². The Kier molecular flexibility index (Phi) is 4.90. The number of nitrogens with one attached hydrogen (secondary N) is 2. The summed E-state index contributed by atoms with van der Waals surface area (Å²) in [5.74, 6) is 0.0358. The van der Waals surface area contributed by atoms with E-state index < -0.39 is 0 Å². The highest BCUT2D eigenvalue weighted by molar-refractivity contribution is 5.81. The fourth-order valence-corrected chi connectivity index (χ4v) is 1.60. The molecule has 0 saturated heterocycles. The predicted octanol–water partition coefficient (Wildman–Crippen LogP) is 0.855. The number of hydrogen-bond acceptors (Lipinski definition) is 3. The van der Waals surface area contributed by atoms with Gasteiger partial charge in [-0.3, -0.25) is 9.48 Å². The quantitative estimate of drug-likeness (QED) is 0.817. The van der Waals surface area contributed by atoms with E-state index in [1.165, 1.54) is 5.56 Å². The minimum atomic E-state index is -0.184. The Morgan fingerprint density at radius 1 is 1.50 bits per heavy atom. The van der Waals surface area contributed by atoms with Crippen LogP contribution in [0.25, 0.3) is 0 Å². The number of amides is 1. The number of aromatic nitrogens is 2. The number of aryl methyl sites for hydroxylation is 1. The molecule has 1 amide bonds. The second kappa shape index (κ2) is 6.00. The summed E-state index contributed by atoms with van der Waals surface area (Å²) >= 11 is 0. The maximum absolute atomic E-state index is 11.8. The zero-order chi connectivity index (χ0) is 13.8. The maximum Gasteiger partial charge on any atom is 0.237 e. The highest BCUT2D eigenvalue weighted by atomic mass is 16.2. The summed E-state index contributed by atoms with van der Waals surface area (Å²) in [4.78, 5) is 11.8. The van der Waals surface area contributed by atoms with E-state index in [4.69, 9.17) is 0 Å². The van der Waals surface area contributed by atoms with Crippen molar-refractivity contribution in [1.82, 2.24) is 20.4 Å². The summed E-state index contributed by atoms with van der Waals surface area (Å²) < 4.78 is 1.78. The van der Waals surface area contributed by atoms with E-state index in [0.717, 1.165) is 13.0 Å². The monoisotopic (exact) mass is 252 g/mol. The van der Waals surface area contributed by atoms with Crippen LogP contribution in [0.5, 0.6) is 0 Å². The molecule has 0 bridgehead atoms. The van der Waals surface area contributed by atoms with Crippen molar-refractivity contribution in [3.63, 3.8) is 0 Å². The third-order valence-corrected chi connectivity index (χ3v) is 2.51. The summed E-state index contributed by atoms with van der Waals surface area (Å²) in [6.07, 6.45) is 4.71. The number of nitrogens with zero attached hydrogens (tertiary/aromatic N) is 2. The van der Waals surface area contributed by atoms with Crippen molar-refractivity contribution >= 4 is 5.91 Å².